The van der Waals surface area contributed by atoms with E-state index >= 15 is 0 Å². The molecule has 0 spiro atoms. The van der Waals surface area contributed by atoms with E-state index in [2.05, 4.69) is 6.92 Å². The minimum absolute atomic E-state index is 0.251. The molecule has 1 aliphatic heterocycles. The second-order valence-corrected chi connectivity index (χ2v) is 7.14. The number of rotatable bonds is 9. The van der Waals surface area contributed by atoms with Gasteiger partial charge in [0.15, 0.2) is 6.79 Å². The van der Waals surface area contributed by atoms with Crippen molar-refractivity contribution in [2.24, 2.45) is 0 Å². The zero-order valence-corrected chi connectivity index (χ0v) is 17.8. The van der Waals surface area contributed by atoms with Gasteiger partial charge in [-0.3, -0.25) is 0 Å². The van der Waals surface area contributed by atoms with E-state index in [9.17, 15) is 4.79 Å². The van der Waals surface area contributed by atoms with Crippen molar-refractivity contribution in [2.75, 3.05) is 26.6 Å². The van der Waals surface area contributed by atoms with Gasteiger partial charge in [0, 0.05) is 11.1 Å². The molecule has 1 heterocycles. The Labute approximate surface area is 178 Å². The summed E-state index contributed by atoms with van der Waals surface area (Å²) in [5.41, 5.74) is 3.68. The van der Waals surface area contributed by atoms with Crippen molar-refractivity contribution < 1.29 is 23.7 Å². The van der Waals surface area contributed by atoms with Crippen molar-refractivity contribution in [1.29, 1.82) is 0 Å². The summed E-state index contributed by atoms with van der Waals surface area (Å²) >= 11 is 0. The minimum Gasteiger partial charge on any atom is -0.493 e. The van der Waals surface area contributed by atoms with Crippen LogP contribution < -0.4 is 9.47 Å². The van der Waals surface area contributed by atoms with Crippen LogP contribution in [0, 0.1) is 0 Å². The Hall–Kier alpha value is -2.79. The van der Waals surface area contributed by atoms with Gasteiger partial charge in [-0.1, -0.05) is 31.5 Å². The maximum Gasteiger partial charge on any atom is 0.334 e. The molecule has 0 aliphatic carbocycles. The predicted molar refractivity (Wildman–Crippen MR) is 118 cm³/mol. The smallest absolute Gasteiger partial charge is 0.334 e. The summed E-state index contributed by atoms with van der Waals surface area (Å²) in [5.74, 6) is 1.30. The second kappa shape index (κ2) is 11.4. The number of ether oxygens (including phenoxy) is 4. The molecule has 0 bridgehead atoms. The Balaban J connectivity index is 1.75. The lowest BCUT2D eigenvalue weighted by molar-refractivity contribution is -0.138. The number of unbranched alkanes of at least 4 members (excludes halogenated alkanes) is 1. The highest BCUT2D eigenvalue weighted by Crippen LogP contribution is 2.31. The van der Waals surface area contributed by atoms with Crippen molar-refractivity contribution in [2.45, 2.75) is 39.5 Å². The summed E-state index contributed by atoms with van der Waals surface area (Å²) in [6.07, 6.45) is 5.47. The molecular formula is C25H30O5. The first kappa shape index (κ1) is 21.9. The van der Waals surface area contributed by atoms with E-state index in [0.29, 0.717) is 31.8 Å². The summed E-state index contributed by atoms with van der Waals surface area (Å²) < 4.78 is 22.1. The van der Waals surface area contributed by atoms with Crippen molar-refractivity contribution >= 4 is 12.0 Å². The predicted octanol–water partition coefficient (Wildman–Crippen LogP) is 5.63. The van der Waals surface area contributed by atoms with Gasteiger partial charge in [0.05, 0.1) is 19.8 Å². The fraction of sp³-hybridized carbons (Fsp3) is 0.400. The van der Waals surface area contributed by atoms with Crippen molar-refractivity contribution in [3.63, 3.8) is 0 Å². The quantitative estimate of drug-likeness (QED) is 0.305. The van der Waals surface area contributed by atoms with Crippen molar-refractivity contribution in [3.05, 3.63) is 53.6 Å². The largest absolute Gasteiger partial charge is 0.493 e. The first-order valence-electron chi connectivity index (χ1n) is 10.7. The Morgan fingerprint density at radius 1 is 1.07 bits per heavy atom. The van der Waals surface area contributed by atoms with Crippen LogP contribution in [-0.2, 0) is 14.3 Å². The Morgan fingerprint density at radius 2 is 1.87 bits per heavy atom. The van der Waals surface area contributed by atoms with Gasteiger partial charge in [-0.2, -0.15) is 0 Å². The summed E-state index contributed by atoms with van der Waals surface area (Å²) in [7, 11) is 0. The normalized spacial score (nSPS) is 13.3. The zero-order valence-electron chi connectivity index (χ0n) is 17.8. The van der Waals surface area contributed by atoms with E-state index in [0.717, 1.165) is 47.5 Å². The molecule has 0 fully saturated rings. The van der Waals surface area contributed by atoms with Crippen LogP contribution in [0.3, 0.4) is 0 Å². The molecular weight excluding hydrogens is 380 g/mol. The summed E-state index contributed by atoms with van der Waals surface area (Å²) in [4.78, 5) is 12.3. The molecule has 5 heteroatoms. The SMILES string of the molecule is CCCCOCOc1ccc(-c2ccc3c(c2)C=C(C(=O)OCC)CCCO3)cc1. The van der Waals surface area contributed by atoms with Gasteiger partial charge in [-0.25, -0.2) is 4.79 Å². The molecule has 0 atom stereocenters. The van der Waals surface area contributed by atoms with Gasteiger partial charge in [-0.05, 0) is 67.7 Å². The van der Waals surface area contributed by atoms with Crippen LogP contribution in [0.1, 0.15) is 45.1 Å². The number of carbonyl (C=O) groups excluding carboxylic acids is 1. The van der Waals surface area contributed by atoms with E-state index in [1.54, 1.807) is 0 Å². The van der Waals surface area contributed by atoms with Crippen molar-refractivity contribution in [1.82, 2.24) is 0 Å². The number of esters is 1. The molecule has 160 valence electrons. The summed E-state index contributed by atoms with van der Waals surface area (Å²) in [6, 6.07) is 13.9. The lowest BCUT2D eigenvalue weighted by Crippen LogP contribution is -2.11. The Bertz CT molecular complexity index is 854. The van der Waals surface area contributed by atoms with Gasteiger partial charge in [-0.15, -0.1) is 0 Å². The lowest BCUT2D eigenvalue weighted by Gasteiger charge is -2.16. The number of hydrogen-bond acceptors (Lipinski definition) is 5. The fourth-order valence-electron chi connectivity index (χ4n) is 3.22. The highest BCUT2D eigenvalue weighted by atomic mass is 16.7. The number of fused-ring (bicyclic) bond motifs is 1. The first-order chi connectivity index (χ1) is 14.7. The molecule has 2 aromatic rings. The van der Waals surface area contributed by atoms with Crippen molar-refractivity contribution in [3.8, 4) is 22.6 Å². The van der Waals surface area contributed by atoms with Crippen LogP contribution in [-0.4, -0.2) is 32.6 Å². The number of benzene rings is 2. The average Bonchev–Trinajstić information content (AvgIpc) is 2.74. The first-order valence-corrected chi connectivity index (χ1v) is 10.7. The van der Waals surface area contributed by atoms with E-state index in [1.807, 2.05) is 55.5 Å². The van der Waals surface area contributed by atoms with Gasteiger partial charge in [0.1, 0.15) is 11.5 Å². The maximum atomic E-state index is 12.3. The summed E-state index contributed by atoms with van der Waals surface area (Å²) in [6.45, 7) is 5.88. The van der Waals surface area contributed by atoms with E-state index in [4.69, 9.17) is 18.9 Å². The standard InChI is InChI=1S/C25H30O5/c1-3-5-14-27-18-30-23-11-8-19(9-12-23)20-10-13-24-22(16-20)17-21(7-6-15-29-24)25(26)28-4-2/h8-13,16-17H,3-7,14-15,18H2,1-2H3. The Morgan fingerprint density at radius 3 is 2.63 bits per heavy atom. The zero-order chi connectivity index (χ0) is 21.2. The molecule has 2 aromatic carbocycles. The third-order valence-corrected chi connectivity index (χ3v) is 4.86. The van der Waals surface area contributed by atoms with Gasteiger partial charge in [0.2, 0.25) is 0 Å². The summed E-state index contributed by atoms with van der Waals surface area (Å²) in [5, 5.41) is 0. The molecule has 0 unspecified atom stereocenters. The number of hydrogen-bond donors (Lipinski definition) is 0. The van der Waals surface area contributed by atoms with E-state index in [1.165, 1.54) is 0 Å². The molecule has 0 N–H and O–H groups in total. The van der Waals surface area contributed by atoms with Gasteiger partial charge in [0.25, 0.3) is 0 Å². The molecule has 0 radical (unpaired) electrons. The Kier molecular flexibility index (Phi) is 8.33. The van der Waals surface area contributed by atoms with Crippen LogP contribution in [0.4, 0.5) is 0 Å². The molecule has 0 saturated heterocycles. The molecule has 5 nitrogen and oxygen atoms in total. The van der Waals surface area contributed by atoms with Crippen LogP contribution >= 0.6 is 0 Å². The second-order valence-electron chi connectivity index (χ2n) is 7.14. The average molecular weight is 411 g/mol. The minimum atomic E-state index is -0.251. The maximum absolute atomic E-state index is 12.3. The highest BCUT2D eigenvalue weighted by molar-refractivity contribution is 5.94. The van der Waals surface area contributed by atoms with E-state index < -0.39 is 0 Å². The fourth-order valence-corrected chi connectivity index (χ4v) is 3.22. The van der Waals surface area contributed by atoms with Crippen LogP contribution in [0.15, 0.2) is 48.0 Å². The highest BCUT2D eigenvalue weighted by Gasteiger charge is 2.15. The molecule has 0 saturated carbocycles. The molecule has 1 aliphatic rings. The molecule has 30 heavy (non-hydrogen) atoms. The van der Waals surface area contributed by atoms with Crippen LogP contribution in [0.2, 0.25) is 0 Å². The topological polar surface area (TPSA) is 54.0 Å². The molecule has 0 aromatic heterocycles. The monoisotopic (exact) mass is 410 g/mol. The van der Waals surface area contributed by atoms with Crippen LogP contribution in [0.5, 0.6) is 11.5 Å². The van der Waals surface area contributed by atoms with E-state index in [-0.39, 0.29) is 12.8 Å². The third kappa shape index (κ3) is 6.10. The third-order valence-electron chi connectivity index (χ3n) is 4.86. The lowest BCUT2D eigenvalue weighted by atomic mass is 9.99. The van der Waals surface area contributed by atoms with Gasteiger partial charge >= 0.3 is 5.97 Å². The molecule has 0 amide bonds. The number of carbonyl (C=O) groups is 1. The van der Waals surface area contributed by atoms with Crippen LogP contribution in [0.25, 0.3) is 17.2 Å². The molecule has 3 rings (SSSR count). The van der Waals surface area contributed by atoms with Gasteiger partial charge < -0.3 is 18.9 Å².